The summed E-state index contributed by atoms with van der Waals surface area (Å²) < 4.78 is 1.68. The predicted molar refractivity (Wildman–Crippen MR) is 78.3 cm³/mol. The van der Waals surface area contributed by atoms with E-state index < -0.39 is 6.04 Å². The van der Waals surface area contributed by atoms with E-state index in [9.17, 15) is 4.79 Å². The summed E-state index contributed by atoms with van der Waals surface area (Å²) in [6, 6.07) is 11.3. The maximum atomic E-state index is 12.5. The van der Waals surface area contributed by atoms with Crippen LogP contribution in [0.5, 0.6) is 0 Å². The lowest BCUT2D eigenvalue weighted by Gasteiger charge is -2.19. The van der Waals surface area contributed by atoms with Crippen molar-refractivity contribution in [3.05, 3.63) is 54.4 Å². The van der Waals surface area contributed by atoms with E-state index in [0.29, 0.717) is 6.54 Å². The van der Waals surface area contributed by atoms with Crippen molar-refractivity contribution < 1.29 is 4.79 Å². The zero-order valence-electron chi connectivity index (χ0n) is 11.8. The van der Waals surface area contributed by atoms with Gasteiger partial charge in [0, 0.05) is 25.0 Å². The molecule has 2 aromatic rings. The average Bonchev–Trinajstić information content (AvgIpc) is 3.00. The van der Waals surface area contributed by atoms with Crippen molar-refractivity contribution in [1.82, 2.24) is 20.4 Å². The highest BCUT2D eigenvalue weighted by Crippen LogP contribution is 2.17. The third-order valence-corrected chi connectivity index (χ3v) is 3.23. The van der Waals surface area contributed by atoms with Crippen LogP contribution in [-0.4, -0.2) is 35.3 Å². The number of carbonyl (C=O) groups excluding carboxylic acids is 1. The van der Waals surface area contributed by atoms with Crippen molar-refractivity contribution in [2.24, 2.45) is 0 Å². The topological polar surface area (TPSA) is 58.9 Å². The number of amides is 1. The summed E-state index contributed by atoms with van der Waals surface area (Å²) in [6.45, 7) is 2.60. The molecule has 20 heavy (non-hydrogen) atoms. The smallest absolute Gasteiger partial charge is 0.249 e. The van der Waals surface area contributed by atoms with Crippen molar-refractivity contribution >= 4 is 5.91 Å². The van der Waals surface area contributed by atoms with Crippen molar-refractivity contribution in [2.75, 3.05) is 13.6 Å². The minimum atomic E-state index is -0.435. The SMILES string of the molecule is CNC(C)CNC(=O)C(c1ccccc1)n1cccn1. The number of likely N-dealkylation sites (N-methyl/N-ethyl adjacent to an activating group) is 1. The summed E-state index contributed by atoms with van der Waals surface area (Å²) >= 11 is 0. The van der Waals surface area contributed by atoms with Gasteiger partial charge in [0.25, 0.3) is 0 Å². The minimum Gasteiger partial charge on any atom is -0.352 e. The monoisotopic (exact) mass is 272 g/mol. The van der Waals surface area contributed by atoms with Crippen LogP contribution >= 0.6 is 0 Å². The van der Waals surface area contributed by atoms with E-state index in [0.717, 1.165) is 5.56 Å². The highest BCUT2D eigenvalue weighted by Gasteiger charge is 2.22. The second-order valence-corrected chi connectivity index (χ2v) is 4.73. The molecule has 0 saturated heterocycles. The van der Waals surface area contributed by atoms with Crippen LogP contribution in [0.1, 0.15) is 18.5 Å². The zero-order valence-corrected chi connectivity index (χ0v) is 11.8. The first kappa shape index (κ1) is 14.3. The molecule has 1 aromatic heterocycles. The first-order chi connectivity index (χ1) is 9.72. The Labute approximate surface area is 119 Å². The van der Waals surface area contributed by atoms with Gasteiger partial charge in [-0.25, -0.2) is 0 Å². The van der Waals surface area contributed by atoms with Crippen molar-refractivity contribution in [2.45, 2.75) is 19.0 Å². The molecule has 0 aliphatic rings. The third kappa shape index (κ3) is 3.45. The molecular formula is C15H20N4O. The lowest BCUT2D eigenvalue weighted by Crippen LogP contribution is -2.41. The first-order valence-electron chi connectivity index (χ1n) is 6.71. The van der Waals surface area contributed by atoms with Gasteiger partial charge in [0.15, 0.2) is 6.04 Å². The van der Waals surface area contributed by atoms with Gasteiger partial charge in [-0.1, -0.05) is 30.3 Å². The third-order valence-electron chi connectivity index (χ3n) is 3.23. The first-order valence-corrected chi connectivity index (χ1v) is 6.71. The summed E-state index contributed by atoms with van der Waals surface area (Å²) in [5.41, 5.74) is 0.922. The van der Waals surface area contributed by atoms with E-state index in [2.05, 4.69) is 15.7 Å². The molecular weight excluding hydrogens is 252 g/mol. The summed E-state index contributed by atoms with van der Waals surface area (Å²) in [5, 5.41) is 10.3. The number of nitrogens with zero attached hydrogens (tertiary/aromatic N) is 2. The standard InChI is InChI=1S/C15H20N4O/c1-12(16-2)11-17-15(20)14(19-10-6-9-18-19)13-7-4-3-5-8-13/h3-10,12,14,16H,11H2,1-2H3,(H,17,20). The zero-order chi connectivity index (χ0) is 14.4. The molecule has 0 aliphatic carbocycles. The molecule has 106 valence electrons. The van der Waals surface area contributed by atoms with Gasteiger partial charge in [-0.05, 0) is 25.6 Å². The molecule has 2 unspecified atom stereocenters. The number of carbonyl (C=O) groups is 1. The Kier molecular flexibility index (Phi) is 4.90. The minimum absolute atomic E-state index is 0.0537. The van der Waals surface area contributed by atoms with Gasteiger partial charge in [0.05, 0.1) is 0 Å². The molecule has 0 aliphatic heterocycles. The number of hydrogen-bond acceptors (Lipinski definition) is 3. The average molecular weight is 272 g/mol. The fourth-order valence-corrected chi connectivity index (χ4v) is 1.95. The number of nitrogens with one attached hydrogen (secondary N) is 2. The fraction of sp³-hybridized carbons (Fsp3) is 0.333. The number of benzene rings is 1. The lowest BCUT2D eigenvalue weighted by atomic mass is 10.1. The molecule has 0 saturated carbocycles. The van der Waals surface area contributed by atoms with Crippen LogP contribution in [0.25, 0.3) is 0 Å². The van der Waals surface area contributed by atoms with Crippen molar-refractivity contribution in [1.29, 1.82) is 0 Å². The van der Waals surface area contributed by atoms with E-state index in [1.165, 1.54) is 0 Å². The highest BCUT2D eigenvalue weighted by molar-refractivity contribution is 5.83. The Morgan fingerprint density at radius 1 is 1.30 bits per heavy atom. The van der Waals surface area contributed by atoms with Gasteiger partial charge in [0.1, 0.15) is 0 Å². The number of aromatic nitrogens is 2. The molecule has 2 N–H and O–H groups in total. The Balaban J connectivity index is 2.18. The van der Waals surface area contributed by atoms with E-state index in [1.54, 1.807) is 17.1 Å². The van der Waals surface area contributed by atoms with Gasteiger partial charge in [-0.15, -0.1) is 0 Å². The maximum absolute atomic E-state index is 12.5. The van der Waals surface area contributed by atoms with Crippen LogP contribution in [0, 0.1) is 0 Å². The number of hydrogen-bond donors (Lipinski definition) is 2. The molecule has 0 bridgehead atoms. The Morgan fingerprint density at radius 3 is 2.65 bits per heavy atom. The second kappa shape index (κ2) is 6.86. The van der Waals surface area contributed by atoms with Crippen LogP contribution < -0.4 is 10.6 Å². The van der Waals surface area contributed by atoms with Crippen LogP contribution in [0.4, 0.5) is 0 Å². The predicted octanol–water partition coefficient (Wildman–Crippen LogP) is 1.20. The quantitative estimate of drug-likeness (QED) is 0.830. The maximum Gasteiger partial charge on any atom is 0.249 e. The van der Waals surface area contributed by atoms with Crippen LogP contribution in [0.15, 0.2) is 48.8 Å². The van der Waals surface area contributed by atoms with Gasteiger partial charge >= 0.3 is 0 Å². The molecule has 1 heterocycles. The Hall–Kier alpha value is -2.14. The molecule has 1 amide bonds. The Morgan fingerprint density at radius 2 is 2.05 bits per heavy atom. The molecule has 2 rings (SSSR count). The molecule has 0 spiro atoms. The van der Waals surface area contributed by atoms with Gasteiger partial charge in [-0.3, -0.25) is 9.48 Å². The van der Waals surface area contributed by atoms with E-state index in [4.69, 9.17) is 0 Å². The van der Waals surface area contributed by atoms with Crippen LogP contribution in [0.2, 0.25) is 0 Å². The summed E-state index contributed by atoms with van der Waals surface area (Å²) in [6.07, 6.45) is 3.48. The fourth-order valence-electron chi connectivity index (χ4n) is 1.95. The summed E-state index contributed by atoms with van der Waals surface area (Å²) in [4.78, 5) is 12.5. The molecule has 1 aromatic carbocycles. The summed E-state index contributed by atoms with van der Waals surface area (Å²) in [7, 11) is 1.87. The van der Waals surface area contributed by atoms with E-state index in [-0.39, 0.29) is 11.9 Å². The van der Waals surface area contributed by atoms with Crippen molar-refractivity contribution in [3.8, 4) is 0 Å². The summed E-state index contributed by atoms with van der Waals surface area (Å²) in [5.74, 6) is -0.0537. The van der Waals surface area contributed by atoms with Gasteiger partial charge in [0.2, 0.25) is 5.91 Å². The highest BCUT2D eigenvalue weighted by atomic mass is 16.2. The van der Waals surface area contributed by atoms with Crippen molar-refractivity contribution in [3.63, 3.8) is 0 Å². The molecule has 5 nitrogen and oxygen atoms in total. The molecule has 2 atom stereocenters. The number of rotatable bonds is 6. The van der Waals surface area contributed by atoms with Gasteiger partial charge in [-0.2, -0.15) is 5.10 Å². The normalized spacial score (nSPS) is 13.7. The second-order valence-electron chi connectivity index (χ2n) is 4.73. The van der Waals surface area contributed by atoms with E-state index in [1.807, 2.05) is 50.4 Å². The molecule has 5 heteroatoms. The largest absolute Gasteiger partial charge is 0.352 e. The Bertz CT molecular complexity index is 524. The molecule has 0 fully saturated rings. The van der Waals surface area contributed by atoms with Crippen LogP contribution in [0.3, 0.4) is 0 Å². The lowest BCUT2D eigenvalue weighted by molar-refractivity contribution is -0.123. The van der Waals surface area contributed by atoms with E-state index >= 15 is 0 Å². The van der Waals surface area contributed by atoms with Gasteiger partial charge < -0.3 is 10.6 Å². The van der Waals surface area contributed by atoms with Crippen LogP contribution in [-0.2, 0) is 4.79 Å². The molecule has 0 radical (unpaired) electrons.